The molecular weight excluding hydrogens is 402 g/mol. The lowest BCUT2D eigenvalue weighted by Gasteiger charge is -2.44. The number of piperidine rings is 1. The first-order valence-electron chi connectivity index (χ1n) is 10.2. The number of methoxy groups -OCH3 is 2. The van der Waals surface area contributed by atoms with Crippen molar-refractivity contribution in [2.24, 2.45) is 4.99 Å². The largest absolute Gasteiger partial charge is 0.507 e. The number of nitrogens with one attached hydrogen (secondary N) is 1. The smallest absolute Gasteiger partial charge is 0.161 e. The van der Waals surface area contributed by atoms with Crippen molar-refractivity contribution in [3.63, 3.8) is 0 Å². The van der Waals surface area contributed by atoms with Gasteiger partial charge in [0, 0.05) is 41.8 Å². The van der Waals surface area contributed by atoms with Crippen LogP contribution in [0.25, 0.3) is 0 Å². The third-order valence-electron chi connectivity index (χ3n) is 6.08. The maximum atomic E-state index is 10.5. The van der Waals surface area contributed by atoms with Gasteiger partial charge >= 0.3 is 0 Å². The number of nitrogens with zero attached hydrogens (tertiary/aromatic N) is 2. The van der Waals surface area contributed by atoms with Gasteiger partial charge in [0.05, 0.1) is 14.2 Å². The van der Waals surface area contributed by atoms with Gasteiger partial charge in [0.2, 0.25) is 0 Å². The molecule has 1 saturated heterocycles. The summed E-state index contributed by atoms with van der Waals surface area (Å²) in [4.78, 5) is 7.45. The van der Waals surface area contributed by atoms with Crippen molar-refractivity contribution in [1.29, 1.82) is 0 Å². The zero-order valence-corrected chi connectivity index (χ0v) is 18.4. The van der Waals surface area contributed by atoms with Gasteiger partial charge in [-0.15, -0.1) is 0 Å². The number of rotatable bonds is 4. The van der Waals surface area contributed by atoms with Crippen molar-refractivity contribution in [3.8, 4) is 17.2 Å². The lowest BCUT2D eigenvalue weighted by atomic mass is 9.87. The lowest BCUT2D eigenvalue weighted by Crippen LogP contribution is -2.55. The quantitative estimate of drug-likeness (QED) is 0.768. The van der Waals surface area contributed by atoms with Gasteiger partial charge in [-0.2, -0.15) is 0 Å². The standard InChI is InChI=1S/C23H28ClN3O3/c1-27-10-8-23(9-11-27)25-18(15-4-7-21(29-2)22(12-15)30-3)14-19(26-23)17-13-16(24)5-6-20(17)28/h4-7,12-13,18,25,28H,8-11,14H2,1-3H3/t18-/m1/s1. The van der Waals surface area contributed by atoms with Crippen LogP contribution >= 0.6 is 11.6 Å². The molecule has 0 bridgehead atoms. The average molecular weight is 430 g/mol. The van der Waals surface area contributed by atoms with E-state index in [2.05, 4.69) is 23.3 Å². The molecular formula is C23H28ClN3O3. The van der Waals surface area contributed by atoms with Gasteiger partial charge in [-0.3, -0.25) is 10.3 Å². The van der Waals surface area contributed by atoms with Crippen LogP contribution in [0.2, 0.25) is 5.02 Å². The summed E-state index contributed by atoms with van der Waals surface area (Å²) < 4.78 is 10.9. The molecule has 30 heavy (non-hydrogen) atoms. The van der Waals surface area contributed by atoms with E-state index in [1.54, 1.807) is 32.4 Å². The van der Waals surface area contributed by atoms with Gasteiger partial charge < -0.3 is 19.5 Å². The maximum absolute atomic E-state index is 10.5. The minimum Gasteiger partial charge on any atom is -0.507 e. The van der Waals surface area contributed by atoms with E-state index in [9.17, 15) is 5.11 Å². The highest BCUT2D eigenvalue weighted by molar-refractivity contribution is 6.31. The molecule has 4 rings (SSSR count). The number of likely N-dealkylation sites (tertiary alicyclic amines) is 1. The SMILES string of the molecule is COc1ccc([C@H]2CC(c3cc(Cl)ccc3O)=NC3(CCN(C)CC3)N2)cc1OC. The molecule has 2 aromatic rings. The number of halogens is 1. The molecule has 0 amide bonds. The Morgan fingerprint density at radius 1 is 1.10 bits per heavy atom. The first-order valence-corrected chi connectivity index (χ1v) is 10.6. The van der Waals surface area contributed by atoms with Crippen LogP contribution in [0.4, 0.5) is 0 Å². The zero-order valence-electron chi connectivity index (χ0n) is 17.6. The average Bonchev–Trinajstić information content (AvgIpc) is 2.77. The van der Waals surface area contributed by atoms with E-state index in [0.717, 1.165) is 37.2 Å². The van der Waals surface area contributed by atoms with Crippen molar-refractivity contribution in [3.05, 3.63) is 52.5 Å². The molecule has 6 nitrogen and oxygen atoms in total. The number of aliphatic imine (C=N–C) groups is 1. The van der Waals surface area contributed by atoms with Gasteiger partial charge in [0.15, 0.2) is 11.5 Å². The van der Waals surface area contributed by atoms with Crippen LogP contribution in [-0.4, -0.2) is 55.7 Å². The van der Waals surface area contributed by atoms with Crippen molar-refractivity contribution < 1.29 is 14.6 Å². The van der Waals surface area contributed by atoms with Crippen LogP contribution in [0.1, 0.15) is 36.4 Å². The fraction of sp³-hybridized carbons (Fsp3) is 0.435. The fourth-order valence-electron chi connectivity index (χ4n) is 4.33. The number of benzene rings is 2. The van der Waals surface area contributed by atoms with E-state index in [4.69, 9.17) is 26.1 Å². The van der Waals surface area contributed by atoms with Crippen LogP contribution in [-0.2, 0) is 0 Å². The van der Waals surface area contributed by atoms with Crippen LogP contribution in [0.3, 0.4) is 0 Å². The molecule has 160 valence electrons. The second kappa shape index (κ2) is 8.46. The van der Waals surface area contributed by atoms with Gasteiger partial charge in [-0.25, -0.2) is 0 Å². The Balaban J connectivity index is 1.75. The minimum atomic E-state index is -0.368. The monoisotopic (exact) mass is 429 g/mol. The summed E-state index contributed by atoms with van der Waals surface area (Å²) >= 11 is 6.24. The Hall–Kier alpha value is -2.28. The topological polar surface area (TPSA) is 66.3 Å². The summed E-state index contributed by atoms with van der Waals surface area (Å²) in [5.74, 6) is 1.60. The minimum absolute atomic E-state index is 0.0269. The van der Waals surface area contributed by atoms with Crippen molar-refractivity contribution in [2.75, 3.05) is 34.4 Å². The molecule has 0 unspecified atom stereocenters. The Bertz CT molecular complexity index is 955. The van der Waals surface area contributed by atoms with Crippen molar-refractivity contribution >= 4 is 17.3 Å². The molecule has 0 saturated carbocycles. The van der Waals surface area contributed by atoms with Crippen LogP contribution in [0, 0.1) is 0 Å². The third kappa shape index (κ3) is 4.13. The molecule has 2 aliphatic heterocycles. The summed E-state index contributed by atoms with van der Waals surface area (Å²) in [5.41, 5.74) is 2.30. The molecule has 7 heteroatoms. The van der Waals surface area contributed by atoms with Crippen LogP contribution in [0.5, 0.6) is 17.2 Å². The molecule has 1 spiro atoms. The van der Waals surface area contributed by atoms with E-state index < -0.39 is 0 Å². The molecule has 1 atom stereocenters. The van der Waals surface area contributed by atoms with E-state index >= 15 is 0 Å². The Labute approximate surface area is 182 Å². The summed E-state index contributed by atoms with van der Waals surface area (Å²) in [6.07, 6.45) is 2.44. The van der Waals surface area contributed by atoms with Gasteiger partial charge in [0.1, 0.15) is 11.4 Å². The summed E-state index contributed by atoms with van der Waals surface area (Å²) in [5, 5.41) is 14.9. The number of aromatic hydroxyl groups is 1. The predicted octanol–water partition coefficient (Wildman–Crippen LogP) is 4.01. The molecule has 2 aromatic carbocycles. The lowest BCUT2D eigenvalue weighted by molar-refractivity contribution is 0.144. The highest BCUT2D eigenvalue weighted by Gasteiger charge is 2.40. The molecule has 0 aliphatic carbocycles. The molecule has 2 N–H and O–H groups in total. The summed E-state index contributed by atoms with van der Waals surface area (Å²) in [6, 6.07) is 11.2. The highest BCUT2D eigenvalue weighted by atomic mass is 35.5. The van der Waals surface area contributed by atoms with E-state index in [0.29, 0.717) is 28.5 Å². The predicted molar refractivity (Wildman–Crippen MR) is 119 cm³/mol. The zero-order chi connectivity index (χ0) is 21.3. The van der Waals surface area contributed by atoms with E-state index in [-0.39, 0.29) is 17.5 Å². The highest BCUT2D eigenvalue weighted by Crippen LogP contribution is 2.38. The fourth-order valence-corrected chi connectivity index (χ4v) is 4.50. The Morgan fingerprint density at radius 2 is 1.83 bits per heavy atom. The number of phenolic OH excluding ortho intramolecular Hbond substituents is 1. The number of hydrogen-bond donors (Lipinski definition) is 2. The van der Waals surface area contributed by atoms with Gasteiger partial charge in [-0.1, -0.05) is 17.7 Å². The van der Waals surface area contributed by atoms with Crippen LogP contribution in [0.15, 0.2) is 41.4 Å². The molecule has 2 heterocycles. The Morgan fingerprint density at radius 3 is 2.53 bits per heavy atom. The summed E-state index contributed by atoms with van der Waals surface area (Å²) in [6.45, 7) is 1.92. The summed E-state index contributed by atoms with van der Waals surface area (Å²) in [7, 11) is 5.41. The maximum Gasteiger partial charge on any atom is 0.161 e. The first-order chi connectivity index (χ1) is 14.4. The first kappa shape index (κ1) is 21.0. The van der Waals surface area contributed by atoms with E-state index in [1.165, 1.54) is 0 Å². The molecule has 0 radical (unpaired) electrons. The molecule has 0 aromatic heterocycles. The molecule has 2 aliphatic rings. The second-order valence-corrected chi connectivity index (χ2v) is 8.51. The molecule has 1 fully saturated rings. The second-order valence-electron chi connectivity index (χ2n) is 8.07. The van der Waals surface area contributed by atoms with Crippen molar-refractivity contribution in [2.45, 2.75) is 31.0 Å². The van der Waals surface area contributed by atoms with E-state index in [1.807, 2.05) is 12.1 Å². The number of phenols is 1. The number of hydrogen-bond acceptors (Lipinski definition) is 6. The number of ether oxygens (including phenoxy) is 2. The third-order valence-corrected chi connectivity index (χ3v) is 6.32. The Kier molecular flexibility index (Phi) is 5.91. The van der Waals surface area contributed by atoms with Gasteiger partial charge in [0.25, 0.3) is 0 Å². The van der Waals surface area contributed by atoms with Crippen LogP contribution < -0.4 is 14.8 Å². The van der Waals surface area contributed by atoms with Gasteiger partial charge in [-0.05, 0) is 55.8 Å². The van der Waals surface area contributed by atoms with Crippen molar-refractivity contribution in [1.82, 2.24) is 10.2 Å². The normalized spacial score (nSPS) is 21.3.